The molecule has 0 aliphatic carbocycles. The highest BCUT2D eigenvalue weighted by atomic mass is 19.4. The molecule has 14 heteroatoms. The number of likely N-dealkylation sites (tertiary alicyclic amines) is 1. The van der Waals surface area contributed by atoms with E-state index in [0.717, 1.165) is 12.3 Å². The molecule has 4 N–H and O–H groups in total. The third-order valence-corrected chi connectivity index (χ3v) is 5.30. The normalized spacial score (nSPS) is 19.2. The Labute approximate surface area is 202 Å². The molecule has 0 aromatic heterocycles. The highest BCUT2D eigenvalue weighted by Gasteiger charge is 2.36. The van der Waals surface area contributed by atoms with E-state index in [1.807, 2.05) is 0 Å². The average Bonchev–Trinajstić information content (AvgIpc) is 2.74. The van der Waals surface area contributed by atoms with Crippen molar-refractivity contribution < 1.29 is 35.9 Å². The summed E-state index contributed by atoms with van der Waals surface area (Å²) in [5, 5.41) is 14.6. The Morgan fingerprint density at radius 1 is 1.22 bits per heavy atom. The average molecular weight is 518 g/mol. The number of nitrogens with two attached hydrogens (primary N) is 1. The Balaban J connectivity index is 2.21. The molecule has 0 spiro atoms. The topological polar surface area (TPSA) is 124 Å². The van der Waals surface area contributed by atoms with Gasteiger partial charge in [0.1, 0.15) is 12.6 Å². The third kappa shape index (κ3) is 7.89. The van der Waals surface area contributed by atoms with Crippen LogP contribution in [0.4, 0.5) is 32.0 Å². The lowest BCUT2D eigenvalue weighted by Gasteiger charge is -2.38. The molecule has 36 heavy (non-hydrogen) atoms. The van der Waals surface area contributed by atoms with Crippen molar-refractivity contribution >= 4 is 23.7 Å². The van der Waals surface area contributed by atoms with Gasteiger partial charge in [0.2, 0.25) is 5.91 Å². The first-order chi connectivity index (χ1) is 16.6. The molecule has 0 saturated carbocycles. The number of aryl methyl sites for hydroxylation is 1. The van der Waals surface area contributed by atoms with Gasteiger partial charge in [0.15, 0.2) is 0 Å². The summed E-state index contributed by atoms with van der Waals surface area (Å²) < 4.78 is 77.2. The Kier molecular flexibility index (Phi) is 8.95. The van der Waals surface area contributed by atoms with Crippen LogP contribution in [0.2, 0.25) is 0 Å². The van der Waals surface area contributed by atoms with E-state index in [1.54, 1.807) is 6.07 Å². The van der Waals surface area contributed by atoms with Crippen LogP contribution < -0.4 is 16.4 Å². The van der Waals surface area contributed by atoms with Crippen molar-refractivity contribution in [1.82, 2.24) is 10.2 Å². The molecule has 196 valence electrons. The molecule has 2 amide bonds. The third-order valence-electron chi connectivity index (χ3n) is 5.30. The zero-order valence-corrected chi connectivity index (χ0v) is 19.3. The number of nitrogens with one attached hydrogen (secondary N) is 2. The lowest BCUT2D eigenvalue weighted by atomic mass is 9.98. The van der Waals surface area contributed by atoms with Crippen molar-refractivity contribution in [2.24, 2.45) is 10.7 Å². The quantitative estimate of drug-likeness (QED) is 0.304. The van der Waals surface area contributed by atoms with Crippen LogP contribution >= 0.6 is 0 Å². The number of halogens is 6. The maximum atomic E-state index is 13.4. The minimum atomic E-state index is -4.76. The molecule has 0 radical (unpaired) electrons. The van der Waals surface area contributed by atoms with Crippen LogP contribution in [0.25, 0.3) is 0 Å². The first-order valence-electron chi connectivity index (χ1n) is 10.6. The molecule has 2 rings (SSSR count). The smallest absolute Gasteiger partial charge is 0.404 e. The second kappa shape index (κ2) is 11.3. The van der Waals surface area contributed by atoms with Gasteiger partial charge in [-0.3, -0.25) is 14.6 Å². The molecule has 1 aliphatic rings. The first kappa shape index (κ1) is 28.5. The van der Waals surface area contributed by atoms with E-state index in [2.05, 4.69) is 15.6 Å². The van der Waals surface area contributed by atoms with E-state index in [-0.39, 0.29) is 42.2 Å². The Hall–Kier alpha value is -3.76. The molecule has 1 aliphatic heterocycles. The Morgan fingerprint density at radius 2 is 1.86 bits per heavy atom. The number of benzene rings is 1. The number of anilines is 1. The number of rotatable bonds is 6. The van der Waals surface area contributed by atoms with Gasteiger partial charge in [-0.25, -0.2) is 0 Å². The molecule has 0 bridgehead atoms. The van der Waals surface area contributed by atoms with E-state index in [4.69, 9.17) is 11.0 Å². The fourth-order valence-electron chi connectivity index (χ4n) is 3.74. The van der Waals surface area contributed by atoms with Crippen molar-refractivity contribution in [3.63, 3.8) is 0 Å². The number of piperidine rings is 1. The summed E-state index contributed by atoms with van der Waals surface area (Å²) in [6.45, 7) is 1.33. The number of alkyl halides is 6. The van der Waals surface area contributed by atoms with Gasteiger partial charge in [-0.1, -0.05) is 0 Å². The highest BCUT2D eigenvalue weighted by molar-refractivity contribution is 6.12. The summed E-state index contributed by atoms with van der Waals surface area (Å²) in [5.41, 5.74) is 3.57. The van der Waals surface area contributed by atoms with Gasteiger partial charge in [0.05, 0.1) is 16.7 Å². The van der Waals surface area contributed by atoms with Crippen molar-refractivity contribution in [2.45, 2.75) is 44.7 Å². The van der Waals surface area contributed by atoms with Crippen LogP contribution in [0.1, 0.15) is 30.0 Å². The van der Waals surface area contributed by atoms with E-state index in [1.165, 1.54) is 24.8 Å². The van der Waals surface area contributed by atoms with E-state index in [0.29, 0.717) is 6.21 Å². The summed E-state index contributed by atoms with van der Waals surface area (Å²) in [4.78, 5) is 29.0. The second-order valence-corrected chi connectivity index (χ2v) is 8.20. The van der Waals surface area contributed by atoms with Gasteiger partial charge in [0.25, 0.3) is 5.91 Å². The number of amides is 2. The fourth-order valence-corrected chi connectivity index (χ4v) is 3.74. The molecule has 1 fully saturated rings. The number of hydrogen-bond donors (Lipinski definition) is 3. The van der Waals surface area contributed by atoms with Gasteiger partial charge >= 0.3 is 12.4 Å². The molecule has 1 saturated heterocycles. The van der Waals surface area contributed by atoms with Gasteiger partial charge in [0, 0.05) is 50.2 Å². The minimum Gasteiger partial charge on any atom is -0.404 e. The maximum absolute atomic E-state index is 13.4. The van der Waals surface area contributed by atoms with Crippen LogP contribution in [0.3, 0.4) is 0 Å². The molecular formula is C22H24F6N6O2. The van der Waals surface area contributed by atoms with Crippen LogP contribution in [0, 0.1) is 18.3 Å². The molecule has 1 aromatic carbocycles. The number of nitriles is 1. The maximum Gasteiger partial charge on any atom is 0.417 e. The van der Waals surface area contributed by atoms with Crippen molar-refractivity contribution in [3.05, 3.63) is 40.6 Å². The lowest BCUT2D eigenvalue weighted by Crippen LogP contribution is -2.55. The lowest BCUT2D eigenvalue weighted by molar-refractivity contribution is -0.137. The fraction of sp³-hybridized carbons (Fsp3) is 0.455. The molecule has 0 unspecified atom stereocenters. The van der Waals surface area contributed by atoms with Crippen LogP contribution in [-0.2, 0) is 15.8 Å². The van der Waals surface area contributed by atoms with E-state index in [9.17, 15) is 35.9 Å². The summed E-state index contributed by atoms with van der Waals surface area (Å²) in [6, 6.07) is 2.45. The summed E-state index contributed by atoms with van der Waals surface area (Å²) in [6.07, 6.45) is -7.68. The van der Waals surface area contributed by atoms with Crippen LogP contribution in [0.5, 0.6) is 0 Å². The number of hydrogen-bond acceptors (Lipinski definition) is 6. The number of carbonyl (C=O) groups excluding carboxylic acids is 2. The van der Waals surface area contributed by atoms with Crippen LogP contribution in [-0.4, -0.2) is 60.8 Å². The van der Waals surface area contributed by atoms with Crippen molar-refractivity contribution in [3.8, 4) is 6.07 Å². The monoisotopic (exact) mass is 518 g/mol. The number of nitrogens with zero attached hydrogens (tertiary/aromatic N) is 3. The van der Waals surface area contributed by atoms with Gasteiger partial charge in [-0.05, 0) is 31.0 Å². The zero-order chi connectivity index (χ0) is 27.3. The van der Waals surface area contributed by atoms with Gasteiger partial charge in [-0.15, -0.1) is 0 Å². The predicted octanol–water partition coefficient (Wildman–Crippen LogP) is 2.88. The van der Waals surface area contributed by atoms with Gasteiger partial charge in [-0.2, -0.15) is 31.6 Å². The van der Waals surface area contributed by atoms with Crippen LogP contribution in [0.15, 0.2) is 28.9 Å². The largest absolute Gasteiger partial charge is 0.417 e. The molecular weight excluding hydrogens is 494 g/mol. The van der Waals surface area contributed by atoms with Crippen molar-refractivity contribution in [2.75, 3.05) is 25.0 Å². The summed E-state index contributed by atoms with van der Waals surface area (Å²) in [7, 11) is 0. The zero-order valence-electron chi connectivity index (χ0n) is 19.3. The second-order valence-electron chi connectivity index (χ2n) is 8.20. The highest BCUT2D eigenvalue weighted by Crippen LogP contribution is 2.35. The number of carbonyl (C=O) groups is 2. The van der Waals surface area contributed by atoms with E-state index < -0.39 is 48.0 Å². The summed E-state index contributed by atoms with van der Waals surface area (Å²) >= 11 is 0. The minimum absolute atomic E-state index is 0.0665. The molecule has 1 aromatic rings. The predicted molar refractivity (Wildman–Crippen MR) is 119 cm³/mol. The Morgan fingerprint density at radius 3 is 2.39 bits per heavy atom. The first-order valence-corrected chi connectivity index (χ1v) is 10.6. The molecule has 8 nitrogen and oxygen atoms in total. The molecule has 2 atom stereocenters. The standard InChI is InChI=1S/C22H24F6N6O2/c1-12-3-15(5-19(18(12)7-30)22(26,27)28)32-16-4-17(10-34(9-16)13(2)35)33-20(36)14(6-29)8-31-11-21(23,24)25/h3,5-6,8,16-17,32H,4,9-11,29H2,1-2H3,(H,33,36)/b14-6+,31-8?/t16-,17+/m1/s1. The van der Waals surface area contributed by atoms with E-state index >= 15 is 0 Å². The summed E-state index contributed by atoms with van der Waals surface area (Å²) in [5.74, 6) is -1.18. The Bertz CT molecular complexity index is 1090. The van der Waals surface area contributed by atoms with Crippen molar-refractivity contribution in [1.29, 1.82) is 5.26 Å². The molecule has 1 heterocycles. The van der Waals surface area contributed by atoms with Gasteiger partial charge < -0.3 is 21.3 Å². The SMILES string of the molecule is CC(=O)N1C[C@@H](NC(=O)/C(C=NCC(F)(F)F)=C/N)C[C@@H](Nc2cc(C)c(C#N)c(C(F)(F)F)c2)C1. The number of aliphatic imine (C=N–C) groups is 1.